The van der Waals surface area contributed by atoms with Gasteiger partial charge in [-0.25, -0.2) is 9.97 Å². The minimum absolute atomic E-state index is 0.0995. The highest BCUT2D eigenvalue weighted by molar-refractivity contribution is 8.00. The van der Waals surface area contributed by atoms with Crippen LogP contribution in [0.15, 0.2) is 11.4 Å². The lowest BCUT2D eigenvalue weighted by Crippen LogP contribution is -2.60. The number of rotatable bonds is 4. The van der Waals surface area contributed by atoms with Crippen molar-refractivity contribution in [3.8, 4) is 0 Å². The van der Waals surface area contributed by atoms with E-state index in [0.717, 1.165) is 33.0 Å². The van der Waals surface area contributed by atoms with Crippen molar-refractivity contribution in [2.24, 2.45) is 17.8 Å². The molecule has 4 fully saturated rings. The summed E-state index contributed by atoms with van der Waals surface area (Å²) in [6.07, 6.45) is 9.44. The van der Waals surface area contributed by atoms with Crippen molar-refractivity contribution in [3.05, 3.63) is 16.8 Å². The number of amides is 1. The molecule has 0 aliphatic heterocycles. The van der Waals surface area contributed by atoms with Gasteiger partial charge in [-0.15, -0.1) is 11.3 Å². The van der Waals surface area contributed by atoms with E-state index in [1.54, 1.807) is 29.4 Å². The SMILES string of the molecule is Cc1sc2ncnc(SCC(=O)NC34CC5CC(CC(C5)C3)C4)c2c1C. The molecule has 4 aliphatic rings. The first-order valence-corrected chi connectivity index (χ1v) is 11.5. The van der Waals surface area contributed by atoms with Crippen LogP contribution in [0.1, 0.15) is 49.0 Å². The molecule has 138 valence electrons. The summed E-state index contributed by atoms with van der Waals surface area (Å²) in [5.74, 6) is 3.18. The van der Waals surface area contributed by atoms with Crippen LogP contribution in [-0.2, 0) is 4.79 Å². The minimum Gasteiger partial charge on any atom is -0.350 e. The number of nitrogens with one attached hydrogen (secondary N) is 1. The topological polar surface area (TPSA) is 54.9 Å². The highest BCUT2D eigenvalue weighted by atomic mass is 32.2. The minimum atomic E-state index is 0.0995. The lowest BCUT2D eigenvalue weighted by molar-refractivity contribution is -0.124. The van der Waals surface area contributed by atoms with Gasteiger partial charge in [-0.05, 0) is 75.7 Å². The van der Waals surface area contributed by atoms with Crippen LogP contribution in [0.2, 0.25) is 0 Å². The van der Waals surface area contributed by atoms with Gasteiger partial charge in [0.2, 0.25) is 5.91 Å². The third kappa shape index (κ3) is 2.85. The zero-order valence-corrected chi connectivity index (χ0v) is 17.0. The third-order valence-electron chi connectivity index (χ3n) is 6.71. The molecule has 6 rings (SSSR count). The summed E-state index contributed by atoms with van der Waals surface area (Å²) in [5, 5.41) is 5.53. The Morgan fingerprint density at radius 3 is 2.50 bits per heavy atom. The molecule has 1 N–H and O–H groups in total. The molecule has 4 nitrogen and oxygen atoms in total. The van der Waals surface area contributed by atoms with Gasteiger partial charge in [-0.1, -0.05) is 11.8 Å². The van der Waals surface area contributed by atoms with E-state index in [0.29, 0.717) is 5.75 Å². The number of aryl methyl sites for hydroxylation is 2. The molecule has 0 unspecified atom stereocenters. The van der Waals surface area contributed by atoms with Crippen molar-refractivity contribution in [2.75, 3.05) is 5.75 Å². The Labute approximate surface area is 162 Å². The molecule has 4 aliphatic carbocycles. The van der Waals surface area contributed by atoms with Gasteiger partial charge in [0.25, 0.3) is 0 Å². The molecule has 0 saturated heterocycles. The Bertz CT molecular complexity index is 840. The number of nitrogens with zero attached hydrogens (tertiary/aromatic N) is 2. The van der Waals surface area contributed by atoms with Gasteiger partial charge >= 0.3 is 0 Å². The molecule has 0 spiro atoms. The number of hydrogen-bond acceptors (Lipinski definition) is 5. The summed E-state index contributed by atoms with van der Waals surface area (Å²) in [6, 6.07) is 0. The van der Waals surface area contributed by atoms with Crippen molar-refractivity contribution in [3.63, 3.8) is 0 Å². The van der Waals surface area contributed by atoms with Gasteiger partial charge in [0.1, 0.15) is 16.2 Å². The van der Waals surface area contributed by atoms with Crippen LogP contribution < -0.4 is 5.32 Å². The number of hydrogen-bond donors (Lipinski definition) is 1. The standard InChI is InChI=1S/C20H25N3OS2/c1-11-12(2)26-19-17(11)18(21-10-22-19)25-9-16(24)23-20-6-13-3-14(7-20)5-15(4-13)8-20/h10,13-15H,3-9H2,1-2H3,(H,23,24). The van der Waals surface area contributed by atoms with E-state index in [2.05, 4.69) is 29.1 Å². The van der Waals surface area contributed by atoms with E-state index in [1.807, 2.05) is 0 Å². The summed E-state index contributed by atoms with van der Waals surface area (Å²) in [4.78, 5) is 23.9. The predicted octanol–water partition coefficient (Wildman–Crippen LogP) is 4.49. The number of thioether (sulfide) groups is 1. The predicted molar refractivity (Wildman–Crippen MR) is 107 cm³/mol. The second kappa shape index (κ2) is 6.20. The van der Waals surface area contributed by atoms with Crippen molar-refractivity contribution in [2.45, 2.75) is 62.9 Å². The van der Waals surface area contributed by atoms with E-state index < -0.39 is 0 Å². The van der Waals surface area contributed by atoms with Crippen molar-refractivity contribution >= 4 is 39.2 Å². The molecular formula is C20H25N3OS2. The van der Waals surface area contributed by atoms with Crippen LogP contribution in [0.3, 0.4) is 0 Å². The Hall–Kier alpha value is -1.14. The van der Waals surface area contributed by atoms with Crippen LogP contribution >= 0.6 is 23.1 Å². The lowest BCUT2D eigenvalue weighted by atomic mass is 9.53. The maximum atomic E-state index is 12.8. The fraction of sp³-hybridized carbons (Fsp3) is 0.650. The largest absolute Gasteiger partial charge is 0.350 e. The Morgan fingerprint density at radius 2 is 1.85 bits per heavy atom. The molecular weight excluding hydrogens is 362 g/mol. The van der Waals surface area contributed by atoms with Crippen LogP contribution in [-0.4, -0.2) is 27.2 Å². The third-order valence-corrected chi connectivity index (χ3v) is 8.82. The second-order valence-electron chi connectivity index (χ2n) is 8.68. The molecule has 2 aromatic heterocycles. The van der Waals surface area contributed by atoms with Gasteiger partial charge < -0.3 is 5.32 Å². The van der Waals surface area contributed by atoms with Crippen LogP contribution in [0, 0.1) is 31.6 Å². The highest BCUT2D eigenvalue weighted by Crippen LogP contribution is 2.55. The van der Waals surface area contributed by atoms with Gasteiger partial charge in [-0.2, -0.15) is 0 Å². The van der Waals surface area contributed by atoms with Crippen LogP contribution in [0.25, 0.3) is 10.2 Å². The maximum absolute atomic E-state index is 12.8. The normalized spacial score (nSPS) is 32.3. The van der Waals surface area contributed by atoms with Crippen molar-refractivity contribution in [1.82, 2.24) is 15.3 Å². The summed E-state index contributed by atoms with van der Waals surface area (Å²) < 4.78 is 0. The monoisotopic (exact) mass is 387 g/mol. The zero-order chi connectivity index (χ0) is 17.9. The average molecular weight is 388 g/mol. The fourth-order valence-electron chi connectivity index (χ4n) is 5.99. The smallest absolute Gasteiger partial charge is 0.230 e. The van der Waals surface area contributed by atoms with Gasteiger partial charge in [0.05, 0.1) is 5.75 Å². The lowest BCUT2D eigenvalue weighted by Gasteiger charge is -2.56. The first kappa shape index (κ1) is 17.0. The number of fused-ring (bicyclic) bond motifs is 1. The molecule has 4 saturated carbocycles. The van der Waals surface area contributed by atoms with Crippen molar-refractivity contribution in [1.29, 1.82) is 0 Å². The maximum Gasteiger partial charge on any atom is 0.230 e. The number of carbonyl (C=O) groups excluding carboxylic acids is 1. The van der Waals surface area contributed by atoms with Gasteiger partial charge in [-0.3, -0.25) is 4.79 Å². The van der Waals surface area contributed by atoms with Gasteiger partial charge in [0, 0.05) is 15.8 Å². The molecule has 0 atom stereocenters. The molecule has 4 bridgehead atoms. The molecule has 6 heteroatoms. The fourth-order valence-corrected chi connectivity index (χ4v) is 7.91. The van der Waals surface area contributed by atoms with E-state index in [4.69, 9.17) is 0 Å². The first-order valence-electron chi connectivity index (χ1n) is 9.66. The molecule has 1 amide bonds. The average Bonchev–Trinajstić information content (AvgIpc) is 2.86. The second-order valence-corrected chi connectivity index (χ2v) is 10.8. The molecule has 26 heavy (non-hydrogen) atoms. The molecule has 2 aromatic rings. The van der Waals surface area contributed by atoms with Gasteiger partial charge in [0.15, 0.2) is 0 Å². The van der Waals surface area contributed by atoms with Crippen LogP contribution in [0.4, 0.5) is 0 Å². The molecule has 0 radical (unpaired) electrons. The molecule has 0 aromatic carbocycles. The number of aromatic nitrogens is 2. The highest BCUT2D eigenvalue weighted by Gasteiger charge is 2.51. The first-order chi connectivity index (χ1) is 12.5. The summed E-state index contributed by atoms with van der Waals surface area (Å²) in [6.45, 7) is 4.24. The van der Waals surface area contributed by atoms with E-state index in [9.17, 15) is 4.79 Å². The number of carbonyl (C=O) groups is 1. The summed E-state index contributed by atoms with van der Waals surface area (Å²) >= 11 is 3.26. The van der Waals surface area contributed by atoms with E-state index in [-0.39, 0.29) is 11.4 Å². The summed E-state index contributed by atoms with van der Waals surface area (Å²) in [7, 11) is 0. The Balaban J connectivity index is 1.29. The molecule has 2 heterocycles. The van der Waals surface area contributed by atoms with Crippen LogP contribution in [0.5, 0.6) is 0 Å². The Kier molecular flexibility index (Phi) is 4.05. The van der Waals surface area contributed by atoms with E-state index in [1.165, 1.54) is 49.0 Å². The van der Waals surface area contributed by atoms with E-state index >= 15 is 0 Å². The van der Waals surface area contributed by atoms with Crippen molar-refractivity contribution < 1.29 is 4.79 Å². The zero-order valence-electron chi connectivity index (χ0n) is 15.4. The quantitative estimate of drug-likeness (QED) is 0.620. The number of thiophene rings is 1. The summed E-state index contributed by atoms with van der Waals surface area (Å²) in [5.41, 5.74) is 1.34. The Morgan fingerprint density at radius 1 is 1.19 bits per heavy atom.